The predicted molar refractivity (Wildman–Crippen MR) is 117 cm³/mol. The zero-order valence-electron chi connectivity index (χ0n) is 14.9. The summed E-state index contributed by atoms with van der Waals surface area (Å²) in [5.74, 6) is -0.269. The molecule has 1 aliphatic heterocycles. The molecule has 1 N–H and O–H groups in total. The van der Waals surface area contributed by atoms with Crippen molar-refractivity contribution in [2.75, 3.05) is 6.54 Å². The molecule has 28 heavy (non-hydrogen) atoms. The van der Waals surface area contributed by atoms with Gasteiger partial charge in [0.05, 0.1) is 4.91 Å². The van der Waals surface area contributed by atoms with Gasteiger partial charge in [-0.05, 0) is 24.1 Å². The maximum Gasteiger partial charge on any atom is 0.303 e. The summed E-state index contributed by atoms with van der Waals surface area (Å²) in [7, 11) is 0. The average Bonchev–Trinajstić information content (AvgIpc) is 2.95. The Morgan fingerprint density at radius 3 is 2.79 bits per heavy atom. The number of pyridine rings is 1. The van der Waals surface area contributed by atoms with Crippen molar-refractivity contribution in [3.63, 3.8) is 0 Å². The van der Waals surface area contributed by atoms with E-state index in [0.29, 0.717) is 22.2 Å². The van der Waals surface area contributed by atoms with Gasteiger partial charge in [0.25, 0.3) is 5.91 Å². The van der Waals surface area contributed by atoms with Crippen LogP contribution in [0.4, 0.5) is 0 Å². The van der Waals surface area contributed by atoms with Crippen molar-refractivity contribution >= 4 is 58.0 Å². The number of hydrogen-bond donors (Lipinski definition) is 1. The van der Waals surface area contributed by atoms with Crippen LogP contribution in [-0.2, 0) is 15.3 Å². The summed E-state index contributed by atoms with van der Waals surface area (Å²) in [5.41, 5.74) is 2.07. The topological polar surface area (TPSA) is 70.5 Å². The lowest BCUT2D eigenvalue weighted by Gasteiger charge is -2.13. The van der Waals surface area contributed by atoms with Crippen LogP contribution >= 0.6 is 35.7 Å². The van der Waals surface area contributed by atoms with E-state index in [0.717, 1.165) is 16.3 Å². The molecule has 0 atom stereocenters. The highest BCUT2D eigenvalue weighted by atomic mass is 32.2. The number of carbonyl (C=O) groups is 2. The first-order chi connectivity index (χ1) is 13.5. The van der Waals surface area contributed by atoms with Gasteiger partial charge in [-0.3, -0.25) is 14.5 Å². The quantitative estimate of drug-likeness (QED) is 0.377. The van der Waals surface area contributed by atoms with E-state index in [2.05, 4.69) is 17.1 Å². The number of benzene rings is 1. The number of rotatable bonds is 8. The highest BCUT2D eigenvalue weighted by Crippen LogP contribution is 2.34. The van der Waals surface area contributed by atoms with Crippen molar-refractivity contribution in [3.05, 3.63) is 64.7 Å². The molecule has 2 aromatic rings. The number of carboxylic acid groups (broad SMARTS) is 1. The Labute approximate surface area is 177 Å². The monoisotopic (exact) mass is 430 g/mol. The fourth-order valence-corrected chi connectivity index (χ4v) is 4.81. The van der Waals surface area contributed by atoms with Crippen molar-refractivity contribution in [2.45, 2.75) is 23.6 Å². The molecular weight excluding hydrogens is 412 g/mol. The zero-order valence-corrected chi connectivity index (χ0v) is 17.4. The van der Waals surface area contributed by atoms with Gasteiger partial charge in [0.1, 0.15) is 9.35 Å². The average molecular weight is 431 g/mol. The molecule has 1 saturated heterocycles. The van der Waals surface area contributed by atoms with Gasteiger partial charge in [0.15, 0.2) is 0 Å². The van der Waals surface area contributed by atoms with Crippen molar-refractivity contribution in [1.82, 2.24) is 9.88 Å². The third-order valence-electron chi connectivity index (χ3n) is 3.95. The summed E-state index contributed by atoms with van der Waals surface area (Å²) in [4.78, 5) is 29.8. The first-order valence-electron chi connectivity index (χ1n) is 8.63. The maximum atomic E-state index is 12.7. The molecule has 1 aromatic heterocycles. The van der Waals surface area contributed by atoms with E-state index in [4.69, 9.17) is 17.3 Å². The first kappa shape index (κ1) is 20.6. The number of nitrogens with zero attached hydrogens (tertiary/aromatic N) is 2. The minimum Gasteiger partial charge on any atom is -0.481 e. The number of aromatic nitrogens is 1. The van der Waals surface area contributed by atoms with Crippen LogP contribution in [0.1, 0.15) is 24.0 Å². The molecule has 0 bridgehead atoms. The summed E-state index contributed by atoms with van der Waals surface area (Å²) in [6, 6.07) is 13.9. The van der Waals surface area contributed by atoms with Crippen LogP contribution in [0.15, 0.2) is 58.6 Å². The molecule has 0 spiro atoms. The summed E-state index contributed by atoms with van der Waals surface area (Å²) in [6.45, 7) is 0.316. The van der Waals surface area contributed by atoms with Crippen molar-refractivity contribution in [3.8, 4) is 0 Å². The summed E-state index contributed by atoms with van der Waals surface area (Å²) in [6.07, 6.45) is 3.94. The van der Waals surface area contributed by atoms with E-state index >= 15 is 0 Å². The van der Waals surface area contributed by atoms with E-state index in [1.54, 1.807) is 18.0 Å². The van der Waals surface area contributed by atoms with Gasteiger partial charge in [-0.2, -0.15) is 0 Å². The van der Waals surface area contributed by atoms with Gasteiger partial charge in [-0.15, -0.1) is 11.8 Å². The second kappa shape index (κ2) is 9.86. The number of hydrogen-bond acceptors (Lipinski definition) is 6. The van der Waals surface area contributed by atoms with Gasteiger partial charge in [0, 0.05) is 30.5 Å². The highest BCUT2D eigenvalue weighted by Gasteiger charge is 2.31. The Hall–Kier alpha value is -2.16. The van der Waals surface area contributed by atoms with Crippen LogP contribution in [0, 0.1) is 0 Å². The zero-order chi connectivity index (χ0) is 19.9. The lowest BCUT2D eigenvalue weighted by Crippen LogP contribution is -2.29. The molecule has 0 unspecified atom stereocenters. The van der Waals surface area contributed by atoms with Gasteiger partial charge in [0.2, 0.25) is 0 Å². The molecular formula is C20H18N2O3S3. The predicted octanol–water partition coefficient (Wildman–Crippen LogP) is 4.44. The number of thioether (sulfide) groups is 2. The molecule has 1 aromatic carbocycles. The Bertz CT molecular complexity index is 916. The fourth-order valence-electron chi connectivity index (χ4n) is 2.58. The molecule has 0 radical (unpaired) electrons. The molecule has 0 saturated carbocycles. The number of thiocarbonyl (C=S) groups is 1. The number of aliphatic carboxylic acids is 1. The Balaban J connectivity index is 1.72. The molecule has 8 heteroatoms. The van der Waals surface area contributed by atoms with E-state index in [1.807, 2.05) is 36.4 Å². The maximum absolute atomic E-state index is 12.7. The summed E-state index contributed by atoms with van der Waals surface area (Å²) in [5, 5.41) is 9.62. The molecule has 2 heterocycles. The largest absolute Gasteiger partial charge is 0.481 e. The van der Waals surface area contributed by atoms with Gasteiger partial charge >= 0.3 is 5.97 Å². The molecule has 0 aliphatic carbocycles. The van der Waals surface area contributed by atoms with Crippen LogP contribution in [-0.4, -0.2) is 37.7 Å². The Morgan fingerprint density at radius 1 is 1.25 bits per heavy atom. The highest BCUT2D eigenvalue weighted by molar-refractivity contribution is 8.26. The molecule has 5 nitrogen and oxygen atoms in total. The third-order valence-corrected chi connectivity index (χ3v) is 6.42. The Kier molecular flexibility index (Phi) is 7.24. The summed E-state index contributed by atoms with van der Waals surface area (Å²) >= 11 is 8.16. The molecule has 144 valence electrons. The van der Waals surface area contributed by atoms with Gasteiger partial charge in [-0.25, -0.2) is 4.98 Å². The van der Waals surface area contributed by atoms with Crippen LogP contribution < -0.4 is 0 Å². The molecule has 1 amide bonds. The molecule has 1 fully saturated rings. The number of amides is 1. The van der Waals surface area contributed by atoms with Crippen LogP contribution in [0.5, 0.6) is 0 Å². The SMILES string of the molecule is O=C(O)CCCN1C(=O)/C(=C/c2cccnc2SCc2ccccc2)SC1=S. The van der Waals surface area contributed by atoms with E-state index in [-0.39, 0.29) is 12.3 Å². The minimum atomic E-state index is -0.878. The summed E-state index contributed by atoms with van der Waals surface area (Å²) < 4.78 is 0.462. The van der Waals surface area contributed by atoms with Crippen molar-refractivity contribution in [1.29, 1.82) is 0 Å². The number of carbonyl (C=O) groups excluding carboxylic acids is 1. The standard InChI is InChI=1S/C20H18N2O3S3/c23-17(24)9-5-11-22-19(25)16(28-20(22)26)12-15-8-4-10-21-18(15)27-13-14-6-2-1-3-7-14/h1-4,6-8,10,12H,5,9,11,13H2,(H,23,24)/b16-12-. The van der Waals surface area contributed by atoms with Gasteiger partial charge in [-0.1, -0.05) is 60.4 Å². The number of carboxylic acids is 1. The third kappa shape index (κ3) is 5.43. The second-order valence-electron chi connectivity index (χ2n) is 6.00. The molecule has 3 rings (SSSR count). The first-order valence-corrected chi connectivity index (χ1v) is 10.8. The van der Waals surface area contributed by atoms with Crippen LogP contribution in [0.25, 0.3) is 6.08 Å². The van der Waals surface area contributed by atoms with Crippen molar-refractivity contribution < 1.29 is 14.7 Å². The lowest BCUT2D eigenvalue weighted by atomic mass is 10.2. The lowest BCUT2D eigenvalue weighted by molar-refractivity contribution is -0.137. The molecule has 1 aliphatic rings. The van der Waals surface area contributed by atoms with Crippen molar-refractivity contribution in [2.24, 2.45) is 0 Å². The normalized spacial score (nSPS) is 15.4. The smallest absolute Gasteiger partial charge is 0.303 e. The van der Waals surface area contributed by atoms with E-state index in [1.165, 1.54) is 22.2 Å². The minimum absolute atomic E-state index is 0.0129. The van der Waals surface area contributed by atoms with E-state index in [9.17, 15) is 9.59 Å². The van der Waals surface area contributed by atoms with Gasteiger partial charge < -0.3 is 5.11 Å². The fraction of sp³-hybridized carbons (Fsp3) is 0.200. The van der Waals surface area contributed by atoms with E-state index < -0.39 is 5.97 Å². The second-order valence-corrected chi connectivity index (χ2v) is 8.64. The van der Waals surface area contributed by atoms with Crippen LogP contribution in [0.2, 0.25) is 0 Å². The Morgan fingerprint density at radius 2 is 2.04 bits per heavy atom. The van der Waals surface area contributed by atoms with Crippen LogP contribution in [0.3, 0.4) is 0 Å².